The molecule has 0 radical (unpaired) electrons. The second-order valence-corrected chi connectivity index (χ2v) is 9.68. The van der Waals surface area contributed by atoms with Gasteiger partial charge in [-0.15, -0.1) is 11.3 Å². The SMILES string of the molecule is CCCc1cc2c(N)nc3ccc(CCCCCNC(C)(C)C)cc3c2s1. The van der Waals surface area contributed by atoms with Gasteiger partial charge in [-0.25, -0.2) is 4.98 Å². The van der Waals surface area contributed by atoms with Gasteiger partial charge in [-0.05, 0) is 76.8 Å². The van der Waals surface area contributed by atoms with Gasteiger partial charge in [0.2, 0.25) is 0 Å². The maximum absolute atomic E-state index is 6.22. The lowest BCUT2D eigenvalue weighted by Gasteiger charge is -2.20. The third-order valence-electron chi connectivity index (χ3n) is 4.90. The molecule has 0 amide bonds. The van der Waals surface area contributed by atoms with Crippen molar-refractivity contribution in [2.75, 3.05) is 12.3 Å². The molecule has 3 N–H and O–H groups in total. The van der Waals surface area contributed by atoms with E-state index < -0.39 is 0 Å². The number of benzene rings is 1. The lowest BCUT2D eigenvalue weighted by molar-refractivity contribution is 0.417. The van der Waals surface area contributed by atoms with Crippen LogP contribution in [-0.2, 0) is 12.8 Å². The molecule has 3 nitrogen and oxygen atoms in total. The summed E-state index contributed by atoms with van der Waals surface area (Å²) in [4.78, 5) is 6.05. The van der Waals surface area contributed by atoms with Gasteiger partial charge >= 0.3 is 0 Å². The third kappa shape index (κ3) is 5.20. The van der Waals surface area contributed by atoms with Crippen molar-refractivity contribution in [3.63, 3.8) is 0 Å². The number of rotatable bonds is 8. The number of nitrogens with one attached hydrogen (secondary N) is 1. The van der Waals surface area contributed by atoms with Crippen LogP contribution in [0.25, 0.3) is 21.0 Å². The van der Waals surface area contributed by atoms with Crippen LogP contribution in [0.5, 0.6) is 0 Å². The summed E-state index contributed by atoms with van der Waals surface area (Å²) in [5.41, 5.74) is 8.86. The van der Waals surface area contributed by atoms with E-state index in [0.29, 0.717) is 5.82 Å². The lowest BCUT2D eigenvalue weighted by Crippen LogP contribution is -2.36. The number of hydrogen-bond acceptors (Lipinski definition) is 4. The van der Waals surface area contributed by atoms with Crippen LogP contribution in [0.1, 0.15) is 63.8 Å². The first kappa shape index (κ1) is 20.1. The summed E-state index contributed by atoms with van der Waals surface area (Å²) in [5, 5.41) is 5.95. The highest BCUT2D eigenvalue weighted by Crippen LogP contribution is 2.36. The number of nitrogens with zero attached hydrogens (tertiary/aromatic N) is 1. The number of unbranched alkanes of at least 4 members (excludes halogenated alkanes) is 2. The van der Waals surface area contributed by atoms with Crippen LogP contribution in [0.2, 0.25) is 0 Å². The lowest BCUT2D eigenvalue weighted by atomic mass is 10.0. The summed E-state index contributed by atoms with van der Waals surface area (Å²) in [6.07, 6.45) is 7.13. The Morgan fingerprint density at radius 3 is 2.59 bits per heavy atom. The summed E-state index contributed by atoms with van der Waals surface area (Å²) >= 11 is 1.88. The Morgan fingerprint density at radius 2 is 1.85 bits per heavy atom. The molecule has 0 unspecified atom stereocenters. The Bertz CT molecular complexity index is 905. The predicted octanol–water partition coefficient (Wildman–Crippen LogP) is 6.09. The standard InChI is InChI=1S/C23H33N3S/c1-5-9-17-15-19-21(27-17)18-14-16(11-12-20(18)26-22(19)24)10-7-6-8-13-25-23(2,3)4/h11-12,14-15,25H,5-10,13H2,1-4H3,(H2,24,26). The number of fused-ring (bicyclic) bond motifs is 3. The quantitative estimate of drug-likeness (QED) is 0.463. The van der Waals surface area contributed by atoms with Crippen LogP contribution in [0, 0.1) is 0 Å². The molecule has 146 valence electrons. The first-order valence-electron chi connectivity index (χ1n) is 10.2. The van der Waals surface area contributed by atoms with Gasteiger partial charge < -0.3 is 11.1 Å². The van der Waals surface area contributed by atoms with Crippen molar-refractivity contribution in [1.29, 1.82) is 0 Å². The van der Waals surface area contributed by atoms with Crippen LogP contribution in [-0.4, -0.2) is 17.1 Å². The smallest absolute Gasteiger partial charge is 0.132 e. The number of hydrogen-bond donors (Lipinski definition) is 2. The number of pyridine rings is 1. The fraction of sp³-hybridized carbons (Fsp3) is 0.522. The minimum absolute atomic E-state index is 0.218. The molecule has 0 spiro atoms. The zero-order chi connectivity index (χ0) is 19.4. The molecule has 2 aromatic heterocycles. The Hall–Kier alpha value is -1.65. The number of thiophene rings is 1. The van der Waals surface area contributed by atoms with Crippen LogP contribution in [0.4, 0.5) is 5.82 Å². The van der Waals surface area contributed by atoms with Gasteiger partial charge in [0, 0.05) is 25.9 Å². The minimum Gasteiger partial charge on any atom is -0.383 e. The molecule has 0 fully saturated rings. The Kier molecular flexibility index (Phi) is 6.38. The number of aromatic nitrogens is 1. The summed E-state index contributed by atoms with van der Waals surface area (Å²) in [7, 11) is 0. The van der Waals surface area contributed by atoms with Crippen molar-refractivity contribution in [1.82, 2.24) is 10.3 Å². The number of anilines is 1. The van der Waals surface area contributed by atoms with Crippen molar-refractivity contribution in [2.24, 2.45) is 0 Å². The van der Waals surface area contributed by atoms with Crippen LogP contribution in [0.3, 0.4) is 0 Å². The van der Waals surface area contributed by atoms with E-state index in [4.69, 9.17) is 5.73 Å². The Morgan fingerprint density at radius 1 is 1.04 bits per heavy atom. The molecule has 0 aliphatic carbocycles. The van der Waals surface area contributed by atoms with Gasteiger partial charge in [-0.1, -0.05) is 25.8 Å². The highest BCUT2D eigenvalue weighted by Gasteiger charge is 2.11. The minimum atomic E-state index is 0.218. The Labute approximate surface area is 167 Å². The normalized spacial score (nSPS) is 12.3. The average Bonchev–Trinajstić information content (AvgIpc) is 3.03. The molecule has 27 heavy (non-hydrogen) atoms. The Balaban J connectivity index is 1.70. The molecular weight excluding hydrogens is 350 g/mol. The van der Waals surface area contributed by atoms with E-state index in [2.05, 4.69) is 62.3 Å². The van der Waals surface area contributed by atoms with E-state index in [-0.39, 0.29) is 5.54 Å². The van der Waals surface area contributed by atoms with Gasteiger partial charge in [-0.2, -0.15) is 0 Å². The van der Waals surface area contributed by atoms with Gasteiger partial charge in [0.05, 0.1) is 5.52 Å². The summed E-state index contributed by atoms with van der Waals surface area (Å²) in [5.74, 6) is 0.662. The third-order valence-corrected chi connectivity index (χ3v) is 6.13. The molecule has 2 heterocycles. The summed E-state index contributed by atoms with van der Waals surface area (Å²) in [6, 6.07) is 8.93. The molecule has 1 aromatic carbocycles. The van der Waals surface area contributed by atoms with E-state index >= 15 is 0 Å². The number of aryl methyl sites for hydroxylation is 2. The average molecular weight is 384 g/mol. The summed E-state index contributed by atoms with van der Waals surface area (Å²) < 4.78 is 1.30. The number of nitrogen functional groups attached to an aromatic ring is 1. The molecule has 0 aliphatic rings. The fourth-order valence-electron chi connectivity index (χ4n) is 3.50. The van der Waals surface area contributed by atoms with E-state index in [1.807, 2.05) is 11.3 Å². The van der Waals surface area contributed by atoms with Crippen LogP contribution >= 0.6 is 11.3 Å². The summed E-state index contributed by atoms with van der Waals surface area (Å²) in [6.45, 7) is 9.99. The molecule has 0 aliphatic heterocycles. The first-order chi connectivity index (χ1) is 12.9. The fourth-order valence-corrected chi connectivity index (χ4v) is 4.80. The highest BCUT2D eigenvalue weighted by molar-refractivity contribution is 7.20. The second-order valence-electron chi connectivity index (χ2n) is 8.54. The van der Waals surface area contributed by atoms with Gasteiger partial charge in [-0.3, -0.25) is 0 Å². The molecule has 0 saturated carbocycles. The van der Waals surface area contributed by atoms with E-state index in [9.17, 15) is 0 Å². The van der Waals surface area contributed by atoms with Crippen molar-refractivity contribution in [3.05, 3.63) is 34.7 Å². The van der Waals surface area contributed by atoms with E-state index in [1.54, 1.807) is 0 Å². The topological polar surface area (TPSA) is 50.9 Å². The second kappa shape index (κ2) is 8.57. The molecule has 0 bridgehead atoms. The zero-order valence-electron chi connectivity index (χ0n) is 17.2. The molecule has 0 atom stereocenters. The highest BCUT2D eigenvalue weighted by atomic mass is 32.1. The van der Waals surface area contributed by atoms with E-state index in [0.717, 1.165) is 36.7 Å². The van der Waals surface area contributed by atoms with Gasteiger partial charge in [0.15, 0.2) is 0 Å². The van der Waals surface area contributed by atoms with Crippen molar-refractivity contribution in [3.8, 4) is 0 Å². The van der Waals surface area contributed by atoms with E-state index in [1.165, 1.54) is 39.8 Å². The van der Waals surface area contributed by atoms with Crippen LogP contribution in [0.15, 0.2) is 24.3 Å². The van der Waals surface area contributed by atoms with Crippen molar-refractivity contribution >= 4 is 38.1 Å². The van der Waals surface area contributed by atoms with Crippen molar-refractivity contribution < 1.29 is 0 Å². The molecule has 3 rings (SSSR count). The predicted molar refractivity (Wildman–Crippen MR) is 121 cm³/mol. The maximum Gasteiger partial charge on any atom is 0.132 e. The maximum atomic E-state index is 6.22. The molecule has 0 saturated heterocycles. The number of nitrogens with two attached hydrogens (primary N) is 1. The zero-order valence-corrected chi connectivity index (χ0v) is 18.0. The largest absolute Gasteiger partial charge is 0.383 e. The van der Waals surface area contributed by atoms with Gasteiger partial charge in [0.1, 0.15) is 5.82 Å². The molecule has 4 heteroatoms. The van der Waals surface area contributed by atoms with Crippen LogP contribution < -0.4 is 11.1 Å². The van der Waals surface area contributed by atoms with Crippen molar-refractivity contribution in [2.45, 2.75) is 71.8 Å². The van der Waals surface area contributed by atoms with Gasteiger partial charge in [0.25, 0.3) is 0 Å². The molecular formula is C23H33N3S. The first-order valence-corrected chi connectivity index (χ1v) is 11.0. The molecule has 3 aromatic rings. The monoisotopic (exact) mass is 383 g/mol.